The lowest BCUT2D eigenvalue weighted by Crippen LogP contribution is -2.43. The molecule has 1 aliphatic heterocycles. The van der Waals surface area contributed by atoms with Crippen LogP contribution in [0.3, 0.4) is 0 Å². The molecule has 4 aromatic rings. The van der Waals surface area contributed by atoms with Crippen LogP contribution in [0.2, 0.25) is 0 Å². The van der Waals surface area contributed by atoms with Gasteiger partial charge in [0.25, 0.3) is 5.56 Å². The standard InChI is InChI=1S/C26H25FN4O3S/c1-16-13-18(8-9-21(16)27)28-24(32)17-5-4-11-30(15-17)26-29-22-10-12-35-23(22)25(33)31(26)19-6-3-7-20(14-19)34-2/h3,6-10,12-14,17H,4-5,11,15H2,1-2H3,(H,28,32)/t17-/m1/s1. The van der Waals surface area contributed by atoms with Crippen LogP contribution in [0.5, 0.6) is 5.75 Å². The van der Waals surface area contributed by atoms with Gasteiger partial charge in [-0.2, -0.15) is 0 Å². The average Bonchev–Trinajstić information content (AvgIpc) is 3.35. The molecular weight excluding hydrogens is 467 g/mol. The number of hydrogen-bond donors (Lipinski definition) is 1. The Balaban J connectivity index is 1.49. The predicted molar refractivity (Wildman–Crippen MR) is 136 cm³/mol. The van der Waals surface area contributed by atoms with E-state index in [1.165, 1.54) is 17.4 Å². The number of thiophene rings is 1. The van der Waals surface area contributed by atoms with Crippen LogP contribution in [0.25, 0.3) is 15.9 Å². The Morgan fingerprint density at radius 2 is 2.09 bits per heavy atom. The summed E-state index contributed by atoms with van der Waals surface area (Å²) in [7, 11) is 1.58. The van der Waals surface area contributed by atoms with Crippen LogP contribution >= 0.6 is 11.3 Å². The zero-order chi connectivity index (χ0) is 24.5. The highest BCUT2D eigenvalue weighted by molar-refractivity contribution is 7.17. The van der Waals surface area contributed by atoms with E-state index in [4.69, 9.17) is 9.72 Å². The quantitative estimate of drug-likeness (QED) is 0.435. The average molecular weight is 493 g/mol. The number of ether oxygens (including phenoxy) is 1. The number of nitrogens with one attached hydrogen (secondary N) is 1. The summed E-state index contributed by atoms with van der Waals surface area (Å²) in [6.07, 6.45) is 1.49. The van der Waals surface area contributed by atoms with Crippen LogP contribution in [-0.4, -0.2) is 35.7 Å². The van der Waals surface area contributed by atoms with Gasteiger partial charge in [-0.25, -0.2) is 13.9 Å². The van der Waals surface area contributed by atoms with E-state index < -0.39 is 0 Å². The molecule has 0 unspecified atom stereocenters. The highest BCUT2D eigenvalue weighted by atomic mass is 32.1. The number of aryl methyl sites for hydroxylation is 1. The number of aromatic nitrogens is 2. The van der Waals surface area contributed by atoms with Crippen molar-refractivity contribution >= 4 is 39.1 Å². The monoisotopic (exact) mass is 492 g/mol. The number of methoxy groups -OCH3 is 1. The van der Waals surface area contributed by atoms with Crippen LogP contribution in [0, 0.1) is 18.7 Å². The van der Waals surface area contributed by atoms with Gasteiger partial charge in [-0.15, -0.1) is 11.3 Å². The normalized spacial score (nSPS) is 15.9. The van der Waals surface area contributed by atoms with Gasteiger partial charge in [-0.05, 0) is 67.1 Å². The summed E-state index contributed by atoms with van der Waals surface area (Å²) in [6.45, 7) is 2.75. The summed E-state index contributed by atoms with van der Waals surface area (Å²) < 4.78 is 21.2. The number of nitrogens with zero attached hydrogens (tertiary/aromatic N) is 3. The molecular formula is C26H25FN4O3S. The van der Waals surface area contributed by atoms with Crippen LogP contribution in [0.1, 0.15) is 18.4 Å². The number of piperidine rings is 1. The van der Waals surface area contributed by atoms with Gasteiger partial charge in [0.05, 0.1) is 24.2 Å². The molecule has 1 aliphatic rings. The summed E-state index contributed by atoms with van der Waals surface area (Å²) in [5, 5.41) is 4.77. The zero-order valence-corrected chi connectivity index (χ0v) is 20.3. The SMILES string of the molecule is COc1cccc(-n2c(N3CCC[C@@H](C(=O)Nc4ccc(F)c(C)c4)C3)nc3ccsc3c2=O)c1. The summed E-state index contributed by atoms with van der Waals surface area (Å²) in [5.41, 5.74) is 2.19. The fourth-order valence-corrected chi connectivity index (χ4v) is 5.19. The molecule has 5 rings (SSSR count). The van der Waals surface area contributed by atoms with Crippen molar-refractivity contribution in [2.45, 2.75) is 19.8 Å². The molecule has 1 amide bonds. The number of amides is 1. The second-order valence-corrected chi connectivity index (χ2v) is 9.54. The minimum absolute atomic E-state index is 0.132. The fourth-order valence-electron chi connectivity index (χ4n) is 4.43. The summed E-state index contributed by atoms with van der Waals surface area (Å²) in [5.74, 6) is 0.397. The molecule has 2 aromatic carbocycles. The van der Waals surface area contributed by atoms with Crippen molar-refractivity contribution < 1.29 is 13.9 Å². The summed E-state index contributed by atoms with van der Waals surface area (Å²) >= 11 is 1.36. The third kappa shape index (κ3) is 4.51. The third-order valence-electron chi connectivity index (χ3n) is 6.27. The van der Waals surface area contributed by atoms with Gasteiger partial charge in [-0.1, -0.05) is 6.07 Å². The molecule has 7 nitrogen and oxygen atoms in total. The number of rotatable bonds is 5. The van der Waals surface area contributed by atoms with Gasteiger partial charge in [0.1, 0.15) is 16.3 Å². The molecule has 9 heteroatoms. The lowest BCUT2D eigenvalue weighted by Gasteiger charge is -2.34. The maximum Gasteiger partial charge on any atom is 0.277 e. The van der Waals surface area contributed by atoms with Crippen molar-refractivity contribution in [3.8, 4) is 11.4 Å². The first-order chi connectivity index (χ1) is 16.9. The van der Waals surface area contributed by atoms with Gasteiger partial charge in [0.15, 0.2) is 0 Å². The van der Waals surface area contributed by atoms with E-state index in [0.717, 1.165) is 6.42 Å². The Morgan fingerprint density at radius 3 is 2.89 bits per heavy atom. The smallest absolute Gasteiger partial charge is 0.277 e. The van der Waals surface area contributed by atoms with Gasteiger partial charge in [0.2, 0.25) is 11.9 Å². The molecule has 0 saturated carbocycles. The van der Waals surface area contributed by atoms with Crippen LogP contribution < -0.4 is 20.5 Å². The number of fused-ring (bicyclic) bond motifs is 1. The number of anilines is 2. The Kier molecular flexibility index (Phi) is 6.25. The maximum absolute atomic E-state index is 13.6. The van der Waals surface area contributed by atoms with Gasteiger partial charge < -0.3 is 15.0 Å². The molecule has 1 atom stereocenters. The first-order valence-corrected chi connectivity index (χ1v) is 12.3. The van der Waals surface area contributed by atoms with E-state index in [9.17, 15) is 14.0 Å². The Labute approximate surface area is 205 Å². The number of benzene rings is 2. The molecule has 2 aromatic heterocycles. The van der Waals surface area contributed by atoms with Gasteiger partial charge >= 0.3 is 0 Å². The fraction of sp³-hybridized carbons (Fsp3) is 0.269. The largest absolute Gasteiger partial charge is 0.497 e. The molecule has 1 N–H and O–H groups in total. The highest BCUT2D eigenvalue weighted by Gasteiger charge is 2.29. The lowest BCUT2D eigenvalue weighted by molar-refractivity contribution is -0.120. The highest BCUT2D eigenvalue weighted by Crippen LogP contribution is 2.28. The van der Waals surface area contributed by atoms with Crippen molar-refractivity contribution in [2.75, 3.05) is 30.4 Å². The Morgan fingerprint density at radius 1 is 1.23 bits per heavy atom. The van der Waals surface area contributed by atoms with Crippen molar-refractivity contribution in [3.63, 3.8) is 0 Å². The van der Waals surface area contributed by atoms with E-state index in [1.807, 2.05) is 34.5 Å². The van der Waals surface area contributed by atoms with E-state index >= 15 is 0 Å². The van der Waals surface area contributed by atoms with Crippen molar-refractivity contribution in [1.82, 2.24) is 9.55 Å². The van der Waals surface area contributed by atoms with E-state index in [-0.39, 0.29) is 23.2 Å². The summed E-state index contributed by atoms with van der Waals surface area (Å²) in [4.78, 5) is 33.4. The molecule has 0 radical (unpaired) electrons. The summed E-state index contributed by atoms with van der Waals surface area (Å²) in [6, 6.07) is 13.7. The first-order valence-electron chi connectivity index (χ1n) is 11.4. The molecule has 0 spiro atoms. The molecule has 1 saturated heterocycles. The minimum Gasteiger partial charge on any atom is -0.497 e. The lowest BCUT2D eigenvalue weighted by atomic mass is 9.97. The Hall–Kier alpha value is -3.72. The van der Waals surface area contributed by atoms with Crippen LogP contribution in [0.15, 0.2) is 58.7 Å². The minimum atomic E-state index is -0.308. The van der Waals surface area contributed by atoms with Gasteiger partial charge in [-0.3, -0.25) is 9.59 Å². The number of carbonyl (C=O) groups is 1. The van der Waals surface area contributed by atoms with Crippen LogP contribution in [-0.2, 0) is 4.79 Å². The molecule has 1 fully saturated rings. The third-order valence-corrected chi connectivity index (χ3v) is 7.17. The second kappa shape index (κ2) is 9.50. The first kappa shape index (κ1) is 23.0. The molecule has 0 aliphatic carbocycles. The number of hydrogen-bond acceptors (Lipinski definition) is 6. The molecule has 180 valence electrons. The van der Waals surface area contributed by atoms with E-state index in [0.29, 0.717) is 58.4 Å². The predicted octanol–water partition coefficient (Wildman–Crippen LogP) is 4.76. The van der Waals surface area contributed by atoms with Gasteiger partial charge in [0, 0.05) is 24.8 Å². The Bertz CT molecular complexity index is 1460. The van der Waals surface area contributed by atoms with Crippen molar-refractivity contribution in [1.29, 1.82) is 0 Å². The molecule has 3 heterocycles. The van der Waals surface area contributed by atoms with Crippen LogP contribution in [0.4, 0.5) is 16.0 Å². The molecule has 0 bridgehead atoms. The second-order valence-electron chi connectivity index (χ2n) is 8.63. The number of halogens is 1. The maximum atomic E-state index is 13.6. The van der Waals surface area contributed by atoms with E-state index in [1.54, 1.807) is 36.8 Å². The number of carbonyl (C=O) groups excluding carboxylic acids is 1. The topological polar surface area (TPSA) is 76.5 Å². The zero-order valence-electron chi connectivity index (χ0n) is 19.5. The van der Waals surface area contributed by atoms with Crippen molar-refractivity contribution in [3.05, 3.63) is 75.6 Å². The van der Waals surface area contributed by atoms with Crippen molar-refractivity contribution in [2.24, 2.45) is 5.92 Å². The van der Waals surface area contributed by atoms with E-state index in [2.05, 4.69) is 5.32 Å². The molecule has 35 heavy (non-hydrogen) atoms.